The van der Waals surface area contributed by atoms with Gasteiger partial charge in [-0.05, 0) is 45.1 Å². The minimum Gasteiger partial charge on any atom is -0.334 e. The summed E-state index contributed by atoms with van der Waals surface area (Å²) in [6.07, 6.45) is 4.03. The van der Waals surface area contributed by atoms with E-state index in [2.05, 4.69) is 59.9 Å². The van der Waals surface area contributed by atoms with E-state index in [1.807, 2.05) is 11.1 Å². The molecule has 134 valence electrons. The smallest absolute Gasteiger partial charge is 0.317 e. The van der Waals surface area contributed by atoms with Crippen LogP contribution in [0.25, 0.3) is 0 Å². The first-order chi connectivity index (χ1) is 12.0. The molecule has 0 atom stereocenters. The third-order valence-corrected chi connectivity index (χ3v) is 5.16. The molecule has 1 N–H and O–H groups in total. The monoisotopic (exact) mass is 340 g/mol. The summed E-state index contributed by atoms with van der Waals surface area (Å²) in [4.78, 5) is 18.7. The second kappa shape index (κ2) is 7.72. The number of hydrogen-bond acceptors (Lipinski definition) is 2. The Hall–Kier alpha value is -2.30. The highest BCUT2D eigenvalue weighted by atomic mass is 16.2. The number of nitrogens with one attached hydrogen (secondary N) is 1. The fourth-order valence-corrected chi connectivity index (χ4v) is 3.43. The Balaban J connectivity index is 1.45. The van der Waals surface area contributed by atoms with E-state index in [0.29, 0.717) is 12.5 Å². The number of aryl methyl sites for hydroxylation is 3. The molecule has 25 heavy (non-hydrogen) atoms. The van der Waals surface area contributed by atoms with E-state index in [0.717, 1.165) is 43.9 Å². The molecule has 3 rings (SSSR count). The maximum absolute atomic E-state index is 12.4. The Morgan fingerprint density at radius 3 is 2.44 bits per heavy atom. The van der Waals surface area contributed by atoms with Crippen LogP contribution in [0.1, 0.15) is 35.5 Å². The van der Waals surface area contributed by atoms with Gasteiger partial charge in [0.05, 0.1) is 0 Å². The fourth-order valence-electron chi connectivity index (χ4n) is 3.43. The van der Waals surface area contributed by atoms with Crippen molar-refractivity contribution in [1.82, 2.24) is 19.8 Å². The zero-order valence-corrected chi connectivity index (χ0v) is 15.5. The first-order valence-corrected chi connectivity index (χ1v) is 9.10. The molecule has 2 amide bonds. The van der Waals surface area contributed by atoms with Crippen molar-refractivity contribution in [2.45, 2.75) is 46.7 Å². The van der Waals surface area contributed by atoms with E-state index in [1.54, 1.807) is 0 Å². The summed E-state index contributed by atoms with van der Waals surface area (Å²) in [6.45, 7) is 9.49. The number of carbonyl (C=O) groups excluding carboxylic acids is 1. The van der Waals surface area contributed by atoms with Gasteiger partial charge in [-0.2, -0.15) is 0 Å². The number of piperidine rings is 1. The van der Waals surface area contributed by atoms with Crippen LogP contribution in [0.15, 0.2) is 30.5 Å². The molecule has 0 unspecified atom stereocenters. The summed E-state index contributed by atoms with van der Waals surface area (Å²) < 4.78 is 2.29. The van der Waals surface area contributed by atoms with E-state index in [9.17, 15) is 4.79 Å². The van der Waals surface area contributed by atoms with Gasteiger partial charge in [0, 0.05) is 38.1 Å². The number of carbonyl (C=O) groups is 1. The number of imidazole rings is 1. The largest absolute Gasteiger partial charge is 0.334 e. The Kier molecular flexibility index (Phi) is 5.41. The number of hydrogen-bond donors (Lipinski definition) is 1. The minimum atomic E-state index is 0.0500. The van der Waals surface area contributed by atoms with Crippen LogP contribution in [-0.4, -0.2) is 33.6 Å². The van der Waals surface area contributed by atoms with Gasteiger partial charge in [-0.1, -0.05) is 29.8 Å². The molecule has 2 heterocycles. The highest BCUT2D eigenvalue weighted by Crippen LogP contribution is 2.20. The lowest BCUT2D eigenvalue weighted by Gasteiger charge is -2.32. The van der Waals surface area contributed by atoms with Gasteiger partial charge >= 0.3 is 6.03 Å². The summed E-state index contributed by atoms with van der Waals surface area (Å²) in [5.41, 5.74) is 3.59. The molecule has 5 heteroatoms. The van der Waals surface area contributed by atoms with E-state index in [1.165, 1.54) is 11.3 Å². The maximum atomic E-state index is 12.4. The number of rotatable bonds is 4. The molecule has 0 spiro atoms. The van der Waals surface area contributed by atoms with Crippen molar-refractivity contribution in [3.8, 4) is 0 Å². The third kappa shape index (κ3) is 4.41. The van der Waals surface area contributed by atoms with Gasteiger partial charge < -0.3 is 14.8 Å². The summed E-state index contributed by atoms with van der Waals surface area (Å²) in [5.74, 6) is 1.70. The Labute approximate surface area is 150 Å². The van der Waals surface area contributed by atoms with Gasteiger partial charge in [0.25, 0.3) is 0 Å². The van der Waals surface area contributed by atoms with E-state index in [4.69, 9.17) is 0 Å². The second-order valence-electron chi connectivity index (χ2n) is 7.13. The lowest BCUT2D eigenvalue weighted by atomic mass is 9.97. The molecule has 1 saturated heterocycles. The standard InChI is InChI=1S/C20H28N4O/c1-15-4-6-18(7-5-15)13-22-20(25)23-10-8-19(9-11-23)14-24-16(2)12-21-17(24)3/h4-7,12,19H,8-11,13-14H2,1-3H3,(H,22,25). The molecule has 1 aliphatic rings. The molecule has 1 aromatic heterocycles. The molecule has 0 aliphatic carbocycles. The number of urea groups is 1. The number of benzene rings is 1. The van der Waals surface area contributed by atoms with Gasteiger partial charge in [-0.3, -0.25) is 0 Å². The highest BCUT2D eigenvalue weighted by Gasteiger charge is 2.23. The highest BCUT2D eigenvalue weighted by molar-refractivity contribution is 5.74. The van der Waals surface area contributed by atoms with Gasteiger partial charge in [-0.25, -0.2) is 9.78 Å². The Morgan fingerprint density at radius 2 is 1.84 bits per heavy atom. The average molecular weight is 340 g/mol. The van der Waals surface area contributed by atoms with Crippen LogP contribution in [0.2, 0.25) is 0 Å². The number of aromatic nitrogens is 2. The average Bonchev–Trinajstić information content (AvgIpc) is 2.93. The number of nitrogens with zero attached hydrogens (tertiary/aromatic N) is 3. The van der Waals surface area contributed by atoms with E-state index in [-0.39, 0.29) is 6.03 Å². The van der Waals surface area contributed by atoms with Crippen molar-refractivity contribution in [1.29, 1.82) is 0 Å². The summed E-state index contributed by atoms with van der Waals surface area (Å²) in [5, 5.41) is 3.04. The van der Waals surface area contributed by atoms with Crippen LogP contribution in [0.4, 0.5) is 4.79 Å². The van der Waals surface area contributed by atoms with Crippen molar-refractivity contribution >= 4 is 6.03 Å². The molecule has 5 nitrogen and oxygen atoms in total. The fraction of sp³-hybridized carbons (Fsp3) is 0.500. The van der Waals surface area contributed by atoms with Crippen LogP contribution >= 0.6 is 0 Å². The molecule has 1 fully saturated rings. The van der Waals surface area contributed by atoms with Crippen molar-refractivity contribution in [3.63, 3.8) is 0 Å². The zero-order valence-electron chi connectivity index (χ0n) is 15.5. The summed E-state index contributed by atoms with van der Waals surface area (Å²) in [6, 6.07) is 8.34. The SMILES string of the molecule is Cc1ccc(CNC(=O)N2CCC(Cn3c(C)cnc3C)CC2)cc1. The van der Waals surface area contributed by atoms with Crippen LogP contribution < -0.4 is 5.32 Å². The van der Waals surface area contributed by atoms with E-state index < -0.39 is 0 Å². The molecular formula is C20H28N4O. The van der Waals surface area contributed by atoms with Crippen LogP contribution in [0.5, 0.6) is 0 Å². The van der Waals surface area contributed by atoms with Crippen molar-refractivity contribution in [2.75, 3.05) is 13.1 Å². The molecule has 0 bridgehead atoms. The van der Waals surface area contributed by atoms with Crippen molar-refractivity contribution in [2.24, 2.45) is 5.92 Å². The molecule has 0 saturated carbocycles. The van der Waals surface area contributed by atoms with Crippen LogP contribution in [-0.2, 0) is 13.1 Å². The predicted octanol–water partition coefficient (Wildman–Crippen LogP) is 3.43. The lowest BCUT2D eigenvalue weighted by molar-refractivity contribution is 0.164. The first kappa shape index (κ1) is 17.5. The summed E-state index contributed by atoms with van der Waals surface area (Å²) in [7, 11) is 0. The molecule has 0 radical (unpaired) electrons. The topological polar surface area (TPSA) is 50.2 Å². The van der Waals surface area contributed by atoms with Gasteiger partial charge in [0.15, 0.2) is 0 Å². The zero-order chi connectivity index (χ0) is 17.8. The Morgan fingerprint density at radius 1 is 1.16 bits per heavy atom. The predicted molar refractivity (Wildman–Crippen MR) is 99.4 cm³/mol. The molecular weight excluding hydrogens is 312 g/mol. The van der Waals surface area contributed by atoms with Gasteiger partial charge in [0.1, 0.15) is 5.82 Å². The minimum absolute atomic E-state index is 0.0500. The van der Waals surface area contributed by atoms with Crippen LogP contribution in [0, 0.1) is 26.7 Å². The molecule has 2 aromatic rings. The second-order valence-corrected chi connectivity index (χ2v) is 7.13. The maximum Gasteiger partial charge on any atom is 0.317 e. The number of likely N-dealkylation sites (tertiary alicyclic amines) is 1. The molecule has 1 aliphatic heterocycles. The van der Waals surface area contributed by atoms with Crippen molar-refractivity contribution < 1.29 is 4.79 Å². The van der Waals surface area contributed by atoms with Gasteiger partial charge in [-0.15, -0.1) is 0 Å². The number of amides is 2. The van der Waals surface area contributed by atoms with E-state index >= 15 is 0 Å². The Bertz CT molecular complexity index is 692. The van der Waals surface area contributed by atoms with Crippen LogP contribution in [0.3, 0.4) is 0 Å². The lowest BCUT2D eigenvalue weighted by Crippen LogP contribution is -2.44. The third-order valence-electron chi connectivity index (χ3n) is 5.16. The normalized spacial score (nSPS) is 15.4. The van der Waals surface area contributed by atoms with Crippen molar-refractivity contribution in [3.05, 3.63) is 53.1 Å². The molecule has 1 aromatic carbocycles. The quantitative estimate of drug-likeness (QED) is 0.927. The first-order valence-electron chi connectivity index (χ1n) is 9.10. The van der Waals surface area contributed by atoms with Gasteiger partial charge in [0.2, 0.25) is 0 Å². The summed E-state index contributed by atoms with van der Waals surface area (Å²) >= 11 is 0.